The van der Waals surface area contributed by atoms with Gasteiger partial charge in [-0.15, -0.1) is 0 Å². The van der Waals surface area contributed by atoms with Crippen molar-refractivity contribution >= 4 is 0 Å². The highest BCUT2D eigenvalue weighted by atomic mass is 19.1. The van der Waals surface area contributed by atoms with Gasteiger partial charge in [0.15, 0.2) is 0 Å². The minimum absolute atomic E-state index is 0.0216. The predicted octanol–water partition coefficient (Wildman–Crippen LogP) is 1.01. The molecular weight excluding hydrogens is 266 g/mol. The van der Waals surface area contributed by atoms with Gasteiger partial charge in [0.1, 0.15) is 29.9 Å². The first kappa shape index (κ1) is 14.5. The first-order valence-corrected chi connectivity index (χ1v) is 6.06. The summed E-state index contributed by atoms with van der Waals surface area (Å²) in [6.45, 7) is 0.184. The Balaban J connectivity index is 2.39. The van der Waals surface area contributed by atoms with Gasteiger partial charge in [-0.2, -0.15) is 5.10 Å². The molecule has 1 aromatic heterocycles. The molecule has 0 saturated heterocycles. The van der Waals surface area contributed by atoms with Crippen molar-refractivity contribution in [1.82, 2.24) is 19.7 Å². The smallest absolute Gasteiger partial charge is 0.137 e. The summed E-state index contributed by atoms with van der Waals surface area (Å²) in [7, 11) is 3.52. The van der Waals surface area contributed by atoms with Gasteiger partial charge in [-0.3, -0.25) is 0 Å². The molecule has 0 aliphatic carbocycles. The average Bonchev–Trinajstić information content (AvgIpc) is 2.79. The Kier molecular flexibility index (Phi) is 4.10. The lowest BCUT2D eigenvalue weighted by atomic mass is 9.92. The van der Waals surface area contributed by atoms with Crippen molar-refractivity contribution in [2.75, 3.05) is 20.6 Å². The number of rotatable bonds is 5. The van der Waals surface area contributed by atoms with Crippen molar-refractivity contribution in [1.29, 1.82) is 0 Å². The van der Waals surface area contributed by atoms with Crippen LogP contribution in [0, 0.1) is 11.6 Å². The summed E-state index contributed by atoms with van der Waals surface area (Å²) in [5.41, 5.74) is -1.50. The van der Waals surface area contributed by atoms with Crippen LogP contribution in [0.25, 0.3) is 0 Å². The number of halogens is 2. The van der Waals surface area contributed by atoms with Crippen LogP contribution in [0.5, 0.6) is 0 Å². The van der Waals surface area contributed by atoms with E-state index in [-0.39, 0.29) is 18.7 Å². The van der Waals surface area contributed by atoms with Gasteiger partial charge in [-0.1, -0.05) is 6.07 Å². The maximum Gasteiger partial charge on any atom is 0.137 e. The molecule has 2 aromatic rings. The predicted molar refractivity (Wildman–Crippen MR) is 68.8 cm³/mol. The molecule has 0 aliphatic heterocycles. The molecule has 1 N–H and O–H groups in total. The zero-order valence-corrected chi connectivity index (χ0v) is 11.3. The van der Waals surface area contributed by atoms with Crippen molar-refractivity contribution in [2.45, 2.75) is 12.1 Å². The lowest BCUT2D eigenvalue weighted by Gasteiger charge is -2.31. The Hall–Kier alpha value is -1.86. The van der Waals surface area contributed by atoms with E-state index in [9.17, 15) is 13.9 Å². The molecule has 0 amide bonds. The molecule has 0 aliphatic rings. The maximum atomic E-state index is 14.0. The van der Waals surface area contributed by atoms with Crippen LogP contribution in [0.2, 0.25) is 0 Å². The zero-order valence-electron chi connectivity index (χ0n) is 11.3. The van der Waals surface area contributed by atoms with Crippen LogP contribution in [0.1, 0.15) is 5.56 Å². The zero-order chi connectivity index (χ0) is 14.8. The molecule has 7 heteroatoms. The molecule has 1 aromatic carbocycles. The maximum absolute atomic E-state index is 14.0. The Morgan fingerprint density at radius 1 is 1.35 bits per heavy atom. The van der Waals surface area contributed by atoms with E-state index in [2.05, 4.69) is 10.1 Å². The van der Waals surface area contributed by atoms with E-state index in [1.165, 1.54) is 23.4 Å². The van der Waals surface area contributed by atoms with Gasteiger partial charge in [0, 0.05) is 18.2 Å². The fraction of sp³-hybridized carbons (Fsp3) is 0.385. The van der Waals surface area contributed by atoms with Crippen molar-refractivity contribution in [3.8, 4) is 0 Å². The number of aliphatic hydroxyl groups is 1. The topological polar surface area (TPSA) is 54.2 Å². The number of nitrogens with zero attached hydrogens (tertiary/aromatic N) is 4. The Morgan fingerprint density at radius 2 is 2.10 bits per heavy atom. The van der Waals surface area contributed by atoms with Crippen LogP contribution >= 0.6 is 0 Å². The normalized spacial score (nSPS) is 14.5. The first-order valence-electron chi connectivity index (χ1n) is 6.06. The molecule has 1 unspecified atom stereocenters. The lowest BCUT2D eigenvalue weighted by Crippen LogP contribution is -2.42. The summed E-state index contributed by atoms with van der Waals surface area (Å²) in [5.74, 6) is -1.46. The largest absolute Gasteiger partial charge is 0.382 e. The van der Waals surface area contributed by atoms with E-state index >= 15 is 0 Å². The highest BCUT2D eigenvalue weighted by Gasteiger charge is 2.34. The van der Waals surface area contributed by atoms with E-state index in [0.717, 1.165) is 12.1 Å². The quantitative estimate of drug-likeness (QED) is 0.889. The summed E-state index contributed by atoms with van der Waals surface area (Å²) in [6, 6.07) is 3.14. The number of aromatic nitrogens is 3. The summed E-state index contributed by atoms with van der Waals surface area (Å²) in [5, 5.41) is 14.7. The molecule has 108 valence electrons. The van der Waals surface area contributed by atoms with Crippen LogP contribution in [0.15, 0.2) is 30.9 Å². The summed E-state index contributed by atoms with van der Waals surface area (Å²) < 4.78 is 28.4. The average molecular weight is 282 g/mol. The molecule has 2 rings (SSSR count). The molecule has 0 spiro atoms. The minimum Gasteiger partial charge on any atom is -0.382 e. The van der Waals surface area contributed by atoms with Gasteiger partial charge in [-0.05, 0) is 20.2 Å². The van der Waals surface area contributed by atoms with Gasteiger partial charge in [-0.25, -0.2) is 18.4 Å². The van der Waals surface area contributed by atoms with Gasteiger partial charge >= 0.3 is 0 Å². The van der Waals surface area contributed by atoms with E-state index < -0.39 is 17.2 Å². The van der Waals surface area contributed by atoms with Crippen LogP contribution in [-0.4, -0.2) is 45.4 Å². The molecule has 0 radical (unpaired) electrons. The molecule has 1 atom stereocenters. The summed E-state index contributed by atoms with van der Waals surface area (Å²) >= 11 is 0. The van der Waals surface area contributed by atoms with Gasteiger partial charge in [0.05, 0.1) is 6.54 Å². The van der Waals surface area contributed by atoms with E-state index in [1.54, 1.807) is 19.0 Å². The third-order valence-electron chi connectivity index (χ3n) is 2.90. The van der Waals surface area contributed by atoms with Gasteiger partial charge in [0.2, 0.25) is 0 Å². The second-order valence-corrected chi connectivity index (χ2v) is 4.99. The fourth-order valence-electron chi connectivity index (χ4n) is 2.19. The second kappa shape index (κ2) is 5.64. The number of benzene rings is 1. The van der Waals surface area contributed by atoms with Gasteiger partial charge in [0.25, 0.3) is 0 Å². The van der Waals surface area contributed by atoms with Crippen LogP contribution < -0.4 is 0 Å². The molecular formula is C13H16F2N4O. The Morgan fingerprint density at radius 3 is 2.65 bits per heavy atom. The monoisotopic (exact) mass is 282 g/mol. The Labute approximate surface area is 115 Å². The van der Waals surface area contributed by atoms with E-state index in [0.29, 0.717) is 0 Å². The van der Waals surface area contributed by atoms with Crippen molar-refractivity contribution in [2.24, 2.45) is 0 Å². The summed E-state index contributed by atoms with van der Waals surface area (Å²) in [4.78, 5) is 5.51. The molecule has 0 bridgehead atoms. The molecule has 0 fully saturated rings. The van der Waals surface area contributed by atoms with E-state index in [4.69, 9.17) is 0 Å². The number of hydrogen-bond acceptors (Lipinski definition) is 4. The lowest BCUT2D eigenvalue weighted by molar-refractivity contribution is -0.0107. The molecule has 20 heavy (non-hydrogen) atoms. The SMILES string of the molecule is CN(C)CC(O)(Cn1cncn1)c1ccc(F)cc1F. The Bertz CT molecular complexity index is 574. The molecule has 0 saturated carbocycles. The second-order valence-electron chi connectivity index (χ2n) is 4.99. The highest BCUT2D eigenvalue weighted by Crippen LogP contribution is 2.27. The number of hydrogen-bond donors (Lipinski definition) is 1. The standard InChI is InChI=1S/C13H16F2N4O/c1-18(2)6-13(20,7-19-9-16-8-17-19)11-4-3-10(14)5-12(11)15/h3-5,8-9,20H,6-7H2,1-2H3. The third-order valence-corrected chi connectivity index (χ3v) is 2.90. The van der Waals surface area contributed by atoms with E-state index in [1.807, 2.05) is 0 Å². The third kappa shape index (κ3) is 3.17. The van der Waals surface area contributed by atoms with Crippen LogP contribution in [-0.2, 0) is 12.1 Å². The summed E-state index contributed by atoms with van der Waals surface area (Å²) in [6.07, 6.45) is 2.76. The van der Waals surface area contributed by atoms with Gasteiger partial charge < -0.3 is 10.0 Å². The van der Waals surface area contributed by atoms with Crippen molar-refractivity contribution in [3.63, 3.8) is 0 Å². The minimum atomic E-state index is -1.53. The van der Waals surface area contributed by atoms with Crippen molar-refractivity contribution in [3.05, 3.63) is 48.1 Å². The highest BCUT2D eigenvalue weighted by molar-refractivity contribution is 5.25. The molecule has 1 heterocycles. The van der Waals surface area contributed by atoms with Crippen LogP contribution in [0.3, 0.4) is 0 Å². The van der Waals surface area contributed by atoms with Crippen LogP contribution in [0.4, 0.5) is 8.78 Å². The number of likely N-dealkylation sites (N-methyl/N-ethyl adjacent to an activating group) is 1. The molecule has 5 nitrogen and oxygen atoms in total. The van der Waals surface area contributed by atoms with Crippen molar-refractivity contribution < 1.29 is 13.9 Å². The fourth-order valence-corrected chi connectivity index (χ4v) is 2.19. The first-order chi connectivity index (χ1) is 9.40.